The summed E-state index contributed by atoms with van der Waals surface area (Å²) in [5.41, 5.74) is 0.992. The van der Waals surface area contributed by atoms with E-state index in [1.165, 1.54) is 0 Å². The van der Waals surface area contributed by atoms with Crippen LogP contribution in [0, 0.1) is 5.41 Å². The van der Waals surface area contributed by atoms with Gasteiger partial charge in [-0.05, 0) is 25.8 Å². The molecule has 2 heterocycles. The molecule has 0 bridgehead atoms. The molecule has 0 aromatic carbocycles. The van der Waals surface area contributed by atoms with Crippen LogP contribution in [0.3, 0.4) is 0 Å². The summed E-state index contributed by atoms with van der Waals surface area (Å²) in [6.07, 6.45) is 3.44. The van der Waals surface area contributed by atoms with E-state index < -0.39 is 11.4 Å². The van der Waals surface area contributed by atoms with Crippen molar-refractivity contribution in [1.29, 1.82) is 0 Å². The lowest BCUT2D eigenvalue weighted by Gasteiger charge is -2.19. The van der Waals surface area contributed by atoms with Crippen LogP contribution in [-0.2, 0) is 4.79 Å². The highest BCUT2D eigenvalue weighted by molar-refractivity contribution is 5.75. The number of rotatable bonds is 5. The summed E-state index contributed by atoms with van der Waals surface area (Å²) in [7, 11) is 0. The first-order chi connectivity index (χ1) is 9.31. The summed E-state index contributed by atoms with van der Waals surface area (Å²) in [5.74, 6) is 0.146. The van der Waals surface area contributed by atoms with Gasteiger partial charge in [0.1, 0.15) is 5.52 Å². The van der Waals surface area contributed by atoms with Crippen LogP contribution in [0.15, 0.2) is 18.5 Å². The smallest absolute Gasteiger partial charge is 0.310 e. The SMILES string of the molecule is CC(C)c1cc2c(NCC(C)(C)C(=O)O)nccn2n1. The minimum atomic E-state index is -0.852. The molecule has 0 atom stereocenters. The van der Waals surface area contributed by atoms with Crippen LogP contribution < -0.4 is 5.32 Å². The maximum Gasteiger partial charge on any atom is 0.310 e. The minimum absolute atomic E-state index is 0.303. The van der Waals surface area contributed by atoms with Gasteiger partial charge in [-0.2, -0.15) is 5.10 Å². The van der Waals surface area contributed by atoms with Gasteiger partial charge in [0.05, 0.1) is 11.1 Å². The van der Waals surface area contributed by atoms with E-state index in [0.29, 0.717) is 18.3 Å². The van der Waals surface area contributed by atoms with E-state index in [-0.39, 0.29) is 0 Å². The monoisotopic (exact) mass is 276 g/mol. The number of fused-ring (bicyclic) bond motifs is 1. The van der Waals surface area contributed by atoms with Gasteiger partial charge in [-0.15, -0.1) is 0 Å². The van der Waals surface area contributed by atoms with Crippen molar-refractivity contribution < 1.29 is 9.90 Å². The summed E-state index contributed by atoms with van der Waals surface area (Å²) in [5, 5.41) is 16.7. The molecule has 0 saturated heterocycles. The second-order valence-electron chi connectivity index (χ2n) is 5.87. The van der Waals surface area contributed by atoms with Gasteiger partial charge >= 0.3 is 5.97 Å². The number of hydrogen-bond acceptors (Lipinski definition) is 4. The molecule has 6 nitrogen and oxygen atoms in total. The van der Waals surface area contributed by atoms with Gasteiger partial charge in [-0.25, -0.2) is 9.50 Å². The van der Waals surface area contributed by atoms with Crippen molar-refractivity contribution in [1.82, 2.24) is 14.6 Å². The van der Waals surface area contributed by atoms with Crippen molar-refractivity contribution in [3.63, 3.8) is 0 Å². The zero-order valence-electron chi connectivity index (χ0n) is 12.2. The molecule has 108 valence electrons. The lowest BCUT2D eigenvalue weighted by atomic mass is 9.94. The molecule has 0 aliphatic carbocycles. The normalized spacial score (nSPS) is 12.1. The number of hydrogen-bond donors (Lipinski definition) is 2. The highest BCUT2D eigenvalue weighted by Crippen LogP contribution is 2.22. The average molecular weight is 276 g/mol. The van der Waals surface area contributed by atoms with Crippen LogP contribution in [0.2, 0.25) is 0 Å². The topological polar surface area (TPSA) is 79.5 Å². The molecule has 0 spiro atoms. The molecule has 2 N–H and O–H groups in total. The molecule has 2 aromatic rings. The average Bonchev–Trinajstić information content (AvgIpc) is 2.80. The Balaban J connectivity index is 2.28. The largest absolute Gasteiger partial charge is 0.481 e. The van der Waals surface area contributed by atoms with E-state index in [0.717, 1.165) is 11.2 Å². The maximum absolute atomic E-state index is 11.1. The van der Waals surface area contributed by atoms with Crippen molar-refractivity contribution in [2.45, 2.75) is 33.6 Å². The van der Waals surface area contributed by atoms with Gasteiger partial charge in [0, 0.05) is 18.9 Å². The highest BCUT2D eigenvalue weighted by atomic mass is 16.4. The van der Waals surface area contributed by atoms with Crippen molar-refractivity contribution in [3.05, 3.63) is 24.2 Å². The Kier molecular flexibility index (Phi) is 3.65. The van der Waals surface area contributed by atoms with Gasteiger partial charge in [-0.3, -0.25) is 4.79 Å². The molecule has 0 unspecified atom stereocenters. The summed E-state index contributed by atoms with van der Waals surface area (Å²) in [6, 6.07) is 1.98. The third-order valence-corrected chi connectivity index (χ3v) is 3.28. The molecule has 0 fully saturated rings. The Morgan fingerprint density at radius 2 is 2.20 bits per heavy atom. The van der Waals surface area contributed by atoms with E-state index in [2.05, 4.69) is 29.2 Å². The summed E-state index contributed by atoms with van der Waals surface area (Å²) >= 11 is 0. The van der Waals surface area contributed by atoms with Crippen LogP contribution in [0.5, 0.6) is 0 Å². The Hall–Kier alpha value is -2.11. The van der Waals surface area contributed by atoms with Crippen LogP contribution in [-0.4, -0.2) is 32.2 Å². The number of anilines is 1. The Morgan fingerprint density at radius 3 is 2.80 bits per heavy atom. The Morgan fingerprint density at radius 1 is 1.50 bits per heavy atom. The fraction of sp³-hybridized carbons (Fsp3) is 0.500. The van der Waals surface area contributed by atoms with Crippen molar-refractivity contribution in [2.24, 2.45) is 5.41 Å². The summed E-state index contributed by atoms with van der Waals surface area (Å²) < 4.78 is 1.76. The number of aliphatic carboxylic acids is 1. The molecule has 2 aromatic heterocycles. The van der Waals surface area contributed by atoms with E-state index >= 15 is 0 Å². The number of carboxylic acid groups (broad SMARTS) is 1. The number of nitrogens with zero attached hydrogens (tertiary/aromatic N) is 3. The maximum atomic E-state index is 11.1. The first-order valence-corrected chi connectivity index (χ1v) is 6.63. The quantitative estimate of drug-likeness (QED) is 0.876. The molecule has 0 amide bonds. The lowest BCUT2D eigenvalue weighted by molar-refractivity contribution is -0.146. The molecular formula is C14H20N4O2. The third-order valence-electron chi connectivity index (χ3n) is 3.28. The van der Waals surface area contributed by atoms with E-state index in [9.17, 15) is 4.79 Å². The molecule has 0 radical (unpaired) electrons. The second kappa shape index (κ2) is 5.11. The zero-order valence-corrected chi connectivity index (χ0v) is 12.2. The van der Waals surface area contributed by atoms with E-state index in [4.69, 9.17) is 5.11 Å². The van der Waals surface area contributed by atoms with Crippen LogP contribution in [0.25, 0.3) is 5.52 Å². The van der Waals surface area contributed by atoms with Gasteiger partial charge in [0.25, 0.3) is 0 Å². The number of nitrogens with one attached hydrogen (secondary N) is 1. The zero-order chi connectivity index (χ0) is 14.9. The summed E-state index contributed by atoms with van der Waals surface area (Å²) in [4.78, 5) is 15.4. The number of carboxylic acids is 1. The molecule has 20 heavy (non-hydrogen) atoms. The van der Waals surface area contributed by atoms with E-state index in [1.807, 2.05) is 6.07 Å². The van der Waals surface area contributed by atoms with Gasteiger partial charge in [0.2, 0.25) is 0 Å². The summed E-state index contributed by atoms with van der Waals surface area (Å²) in [6.45, 7) is 7.82. The Labute approximate surface area is 117 Å². The van der Waals surface area contributed by atoms with Crippen molar-refractivity contribution in [3.8, 4) is 0 Å². The number of aromatic nitrogens is 3. The van der Waals surface area contributed by atoms with Gasteiger partial charge in [-0.1, -0.05) is 13.8 Å². The fourth-order valence-electron chi connectivity index (χ4n) is 1.74. The molecule has 2 rings (SSSR count). The predicted molar refractivity (Wildman–Crippen MR) is 77.0 cm³/mol. The number of carbonyl (C=O) groups is 1. The fourth-order valence-corrected chi connectivity index (χ4v) is 1.74. The van der Waals surface area contributed by atoms with Crippen LogP contribution >= 0.6 is 0 Å². The molecule has 6 heteroatoms. The first kappa shape index (κ1) is 14.3. The first-order valence-electron chi connectivity index (χ1n) is 6.63. The second-order valence-corrected chi connectivity index (χ2v) is 5.87. The van der Waals surface area contributed by atoms with Crippen LogP contribution in [0.4, 0.5) is 5.82 Å². The van der Waals surface area contributed by atoms with Gasteiger partial charge in [0.15, 0.2) is 5.82 Å². The highest BCUT2D eigenvalue weighted by Gasteiger charge is 2.27. The minimum Gasteiger partial charge on any atom is -0.481 e. The standard InChI is InChI=1S/C14H20N4O2/c1-9(2)10-7-11-12(15-5-6-18(11)17-10)16-8-14(3,4)13(19)20/h5-7,9H,8H2,1-4H3,(H,15,16)(H,19,20). The van der Waals surface area contributed by atoms with Gasteiger partial charge < -0.3 is 10.4 Å². The predicted octanol–water partition coefficient (Wildman–Crippen LogP) is 2.38. The molecular weight excluding hydrogens is 256 g/mol. The molecule has 0 aliphatic heterocycles. The lowest BCUT2D eigenvalue weighted by Crippen LogP contribution is -2.32. The Bertz CT molecular complexity index is 631. The third kappa shape index (κ3) is 2.74. The van der Waals surface area contributed by atoms with Crippen LogP contribution in [0.1, 0.15) is 39.3 Å². The molecule has 0 aliphatic rings. The van der Waals surface area contributed by atoms with Crippen molar-refractivity contribution in [2.75, 3.05) is 11.9 Å². The molecule has 0 saturated carbocycles. The van der Waals surface area contributed by atoms with Crippen molar-refractivity contribution >= 4 is 17.3 Å². The van der Waals surface area contributed by atoms with E-state index in [1.54, 1.807) is 30.8 Å².